The largest absolute Gasteiger partial charge is 0.469 e. The second kappa shape index (κ2) is 9.24. The van der Waals surface area contributed by atoms with Crippen LogP contribution in [0.25, 0.3) is 5.03 Å². The summed E-state index contributed by atoms with van der Waals surface area (Å²) in [5.74, 6) is -0.606. The van der Waals surface area contributed by atoms with Crippen molar-refractivity contribution in [2.45, 2.75) is 39.5 Å². The van der Waals surface area contributed by atoms with Crippen molar-refractivity contribution in [3.05, 3.63) is 39.9 Å². The molecule has 0 saturated carbocycles. The lowest BCUT2D eigenvalue weighted by Crippen LogP contribution is -2.04. The molecule has 6 nitrogen and oxygen atoms in total. The minimum atomic E-state index is -0.316. The number of hydrogen-bond acceptors (Lipinski definition) is 5. The van der Waals surface area contributed by atoms with E-state index in [0.29, 0.717) is 34.4 Å². The number of aliphatic imine (C=N–C) groups is 1. The molecule has 1 N–H and O–H groups in total. The number of rotatable bonds is 7. The maximum atomic E-state index is 11.5. The Kier molecular flexibility index (Phi) is 7.27. The first-order valence-electron chi connectivity index (χ1n) is 8.45. The van der Waals surface area contributed by atoms with Crippen LogP contribution in [0.15, 0.2) is 28.0 Å². The number of nitrogens with one attached hydrogen (secondary N) is 1. The van der Waals surface area contributed by atoms with E-state index < -0.39 is 0 Å². The van der Waals surface area contributed by atoms with Crippen molar-refractivity contribution in [3.8, 4) is 0 Å². The van der Waals surface area contributed by atoms with Crippen LogP contribution in [0, 0.1) is 6.92 Å². The lowest BCUT2D eigenvalue weighted by molar-refractivity contribution is -0.141. The Balaban J connectivity index is 2.38. The number of aryl methyl sites for hydroxylation is 1. The van der Waals surface area contributed by atoms with Crippen molar-refractivity contribution >= 4 is 45.3 Å². The van der Waals surface area contributed by atoms with Crippen LogP contribution < -0.4 is 0 Å². The molecule has 2 heterocycles. The van der Waals surface area contributed by atoms with Gasteiger partial charge in [-0.25, -0.2) is 4.99 Å². The van der Waals surface area contributed by atoms with Crippen LogP contribution in [-0.4, -0.2) is 36.3 Å². The van der Waals surface area contributed by atoms with Crippen LogP contribution in [-0.2, 0) is 25.5 Å². The summed E-state index contributed by atoms with van der Waals surface area (Å²) >= 11 is 12.9. The highest BCUT2D eigenvalue weighted by Gasteiger charge is 2.25. The van der Waals surface area contributed by atoms with Gasteiger partial charge in [0, 0.05) is 19.0 Å². The topological polar surface area (TPSA) is 80.8 Å². The number of esters is 2. The molecule has 1 aliphatic heterocycles. The van der Waals surface area contributed by atoms with Gasteiger partial charge < -0.3 is 14.5 Å². The number of aromatic amines is 1. The molecule has 0 radical (unpaired) electrons. The molecule has 0 amide bonds. The number of aromatic nitrogens is 1. The third kappa shape index (κ3) is 4.82. The van der Waals surface area contributed by atoms with Gasteiger partial charge in [-0.05, 0) is 49.0 Å². The highest BCUT2D eigenvalue weighted by Crippen LogP contribution is 2.38. The first-order chi connectivity index (χ1) is 12.8. The zero-order valence-electron chi connectivity index (χ0n) is 15.7. The maximum absolute atomic E-state index is 11.5. The molecule has 2 rings (SSSR count). The molecule has 0 aliphatic carbocycles. The van der Waals surface area contributed by atoms with E-state index in [4.69, 9.17) is 32.7 Å². The SMILES string of the molecule is COC(=O)CCC1=C(C)C(Cl)=N/C1=C(/Cl)c1[nH]cc(C)c1CCC(=O)OC. The lowest BCUT2D eigenvalue weighted by atomic mass is 10.0. The first-order valence-corrected chi connectivity index (χ1v) is 9.21. The fourth-order valence-corrected chi connectivity index (χ4v) is 3.41. The molecule has 146 valence electrons. The molecule has 0 bridgehead atoms. The molecule has 8 heteroatoms. The summed E-state index contributed by atoms with van der Waals surface area (Å²) in [6.45, 7) is 3.78. The van der Waals surface area contributed by atoms with E-state index >= 15 is 0 Å². The molecule has 1 aliphatic rings. The number of allylic oxidation sites excluding steroid dienone is 2. The minimum absolute atomic E-state index is 0.204. The summed E-state index contributed by atoms with van der Waals surface area (Å²) in [5, 5.41) is 0.750. The van der Waals surface area contributed by atoms with E-state index in [1.54, 1.807) is 0 Å². The summed E-state index contributed by atoms with van der Waals surface area (Å²) in [5.41, 5.74) is 4.71. The summed E-state index contributed by atoms with van der Waals surface area (Å²) in [4.78, 5) is 30.6. The number of halogens is 2. The van der Waals surface area contributed by atoms with Gasteiger partial charge in [-0.3, -0.25) is 9.59 Å². The molecule has 1 aromatic heterocycles. The summed E-state index contributed by atoms with van der Waals surface area (Å²) in [7, 11) is 2.71. The third-order valence-electron chi connectivity index (χ3n) is 4.51. The van der Waals surface area contributed by atoms with Gasteiger partial charge in [-0.15, -0.1) is 0 Å². The lowest BCUT2D eigenvalue weighted by Gasteiger charge is -2.10. The van der Waals surface area contributed by atoms with E-state index in [1.807, 2.05) is 20.0 Å². The standard InChI is InChI=1S/C19H22Cl2N2O4/c1-10-9-22-17(12(10)5-7-14(24)26-3)16(20)18-13(6-8-15(25)27-4)11(2)19(21)23-18/h9,22H,5-8H2,1-4H3/b18-16+. The number of H-pyrrole nitrogens is 1. The van der Waals surface area contributed by atoms with Crippen LogP contribution in [0.4, 0.5) is 0 Å². The highest BCUT2D eigenvalue weighted by molar-refractivity contribution is 6.70. The Labute approximate surface area is 168 Å². The van der Waals surface area contributed by atoms with E-state index in [-0.39, 0.29) is 24.8 Å². The number of carbonyl (C=O) groups excluding carboxylic acids is 2. The van der Waals surface area contributed by atoms with Gasteiger partial charge in [0.2, 0.25) is 0 Å². The van der Waals surface area contributed by atoms with E-state index in [1.165, 1.54) is 14.2 Å². The molecule has 0 spiro atoms. The molecule has 1 aromatic rings. The summed E-state index contributed by atoms with van der Waals surface area (Å²) in [6, 6.07) is 0. The zero-order chi connectivity index (χ0) is 20.1. The van der Waals surface area contributed by atoms with Gasteiger partial charge in [0.05, 0.1) is 30.6 Å². The van der Waals surface area contributed by atoms with Crippen LogP contribution in [0.2, 0.25) is 0 Å². The smallest absolute Gasteiger partial charge is 0.305 e. The maximum Gasteiger partial charge on any atom is 0.305 e. The number of nitrogens with zero attached hydrogens (tertiary/aromatic N) is 1. The van der Waals surface area contributed by atoms with Crippen molar-refractivity contribution in [1.29, 1.82) is 0 Å². The Bertz CT molecular complexity index is 850. The summed E-state index contributed by atoms with van der Waals surface area (Å²) in [6.07, 6.45) is 3.18. The number of hydrogen-bond donors (Lipinski definition) is 1. The van der Waals surface area contributed by atoms with Crippen molar-refractivity contribution in [1.82, 2.24) is 4.98 Å². The predicted molar refractivity (Wildman–Crippen MR) is 106 cm³/mol. The summed E-state index contributed by atoms with van der Waals surface area (Å²) < 4.78 is 9.42. The quantitative estimate of drug-likeness (QED) is 0.678. The average Bonchev–Trinajstić information content (AvgIpc) is 3.17. The Morgan fingerprint density at radius 2 is 1.70 bits per heavy atom. The second-order valence-electron chi connectivity index (χ2n) is 6.15. The minimum Gasteiger partial charge on any atom is -0.469 e. The fraction of sp³-hybridized carbons (Fsp3) is 0.421. The van der Waals surface area contributed by atoms with Crippen LogP contribution in [0.3, 0.4) is 0 Å². The van der Waals surface area contributed by atoms with Crippen molar-refractivity contribution in [2.24, 2.45) is 4.99 Å². The Morgan fingerprint density at radius 3 is 2.30 bits per heavy atom. The Hall–Kier alpha value is -2.05. The van der Waals surface area contributed by atoms with Crippen molar-refractivity contribution in [3.63, 3.8) is 0 Å². The van der Waals surface area contributed by atoms with Gasteiger partial charge in [-0.2, -0.15) is 0 Å². The average molecular weight is 413 g/mol. The molecule has 0 unspecified atom stereocenters. The predicted octanol–water partition coefficient (Wildman–Crippen LogP) is 4.26. The van der Waals surface area contributed by atoms with Crippen molar-refractivity contribution in [2.75, 3.05) is 14.2 Å². The highest BCUT2D eigenvalue weighted by atomic mass is 35.5. The molecule has 27 heavy (non-hydrogen) atoms. The van der Waals surface area contributed by atoms with Gasteiger partial charge >= 0.3 is 11.9 Å². The number of carbonyl (C=O) groups is 2. The molecule has 0 fully saturated rings. The fourth-order valence-electron chi connectivity index (χ4n) is 2.89. The molecule has 0 atom stereocenters. The van der Waals surface area contributed by atoms with Gasteiger partial charge in [0.1, 0.15) is 5.17 Å². The van der Waals surface area contributed by atoms with Crippen molar-refractivity contribution < 1.29 is 19.1 Å². The molecular formula is C19H22Cl2N2O4. The van der Waals surface area contributed by atoms with Crippen LogP contribution in [0.5, 0.6) is 0 Å². The van der Waals surface area contributed by atoms with E-state index in [9.17, 15) is 9.59 Å². The monoisotopic (exact) mass is 412 g/mol. The van der Waals surface area contributed by atoms with Gasteiger partial charge in [0.15, 0.2) is 0 Å². The molecule has 0 saturated heterocycles. The molecule has 0 aromatic carbocycles. The first kappa shape index (κ1) is 21.3. The van der Waals surface area contributed by atoms with Crippen LogP contribution in [0.1, 0.15) is 43.0 Å². The van der Waals surface area contributed by atoms with E-state index in [0.717, 1.165) is 22.3 Å². The number of ether oxygens (including phenoxy) is 2. The normalized spacial score (nSPS) is 15.7. The van der Waals surface area contributed by atoms with E-state index in [2.05, 4.69) is 9.98 Å². The number of methoxy groups -OCH3 is 2. The van der Waals surface area contributed by atoms with Crippen LogP contribution >= 0.6 is 23.2 Å². The van der Waals surface area contributed by atoms with Gasteiger partial charge in [-0.1, -0.05) is 23.2 Å². The molecular weight excluding hydrogens is 391 g/mol. The Morgan fingerprint density at radius 1 is 1.11 bits per heavy atom. The van der Waals surface area contributed by atoms with Gasteiger partial charge in [0.25, 0.3) is 0 Å². The zero-order valence-corrected chi connectivity index (χ0v) is 17.3. The third-order valence-corrected chi connectivity index (χ3v) is 5.25. The second-order valence-corrected chi connectivity index (χ2v) is 6.88.